The molecular weight excluding hydrogens is 240 g/mol. The summed E-state index contributed by atoms with van der Waals surface area (Å²) in [4.78, 5) is 26.8. The molecule has 0 aromatic carbocycles. The van der Waals surface area contributed by atoms with Crippen LogP contribution in [-0.2, 0) is 9.59 Å². The molecule has 0 saturated heterocycles. The van der Waals surface area contributed by atoms with E-state index in [9.17, 15) is 9.59 Å². The first kappa shape index (κ1) is 13.0. The number of hydrogen-bond donors (Lipinski definition) is 3. The Morgan fingerprint density at radius 1 is 1.41 bits per heavy atom. The van der Waals surface area contributed by atoms with Crippen LogP contribution in [0.4, 0.5) is 5.82 Å². The fourth-order valence-electron chi connectivity index (χ4n) is 1.03. The minimum Gasteiger partial charge on any atom is -0.392 e. The lowest BCUT2D eigenvalue weighted by Gasteiger charge is -2.05. The summed E-state index contributed by atoms with van der Waals surface area (Å²) in [7, 11) is 0. The number of aromatic nitrogens is 1. The third-order valence-corrected chi connectivity index (χ3v) is 1.90. The molecule has 0 fully saturated rings. The second kappa shape index (κ2) is 5.90. The molecule has 0 aliphatic rings. The Morgan fingerprint density at radius 2 is 2.12 bits per heavy atom. The molecule has 1 rings (SSSR count). The Labute approximate surface area is 104 Å². The van der Waals surface area contributed by atoms with Gasteiger partial charge in [0.05, 0.1) is 11.5 Å². The molecule has 0 bridgehead atoms. The highest BCUT2D eigenvalue weighted by atomic mass is 32.1. The van der Waals surface area contributed by atoms with Gasteiger partial charge in [0.2, 0.25) is 0 Å². The first-order chi connectivity index (χ1) is 7.99. The third kappa shape index (κ3) is 4.56. The molecule has 0 spiro atoms. The van der Waals surface area contributed by atoms with Gasteiger partial charge in [-0.2, -0.15) is 0 Å². The molecule has 6 nitrogen and oxygen atoms in total. The molecule has 4 N–H and O–H groups in total. The first-order valence-corrected chi connectivity index (χ1v) is 5.21. The van der Waals surface area contributed by atoms with Crippen LogP contribution in [0.15, 0.2) is 18.2 Å². The molecule has 0 saturated carbocycles. The summed E-state index contributed by atoms with van der Waals surface area (Å²) in [6, 6.07) is 5.10. The van der Waals surface area contributed by atoms with E-state index in [0.29, 0.717) is 5.82 Å². The highest BCUT2D eigenvalue weighted by Gasteiger charge is 2.13. The molecule has 90 valence electrons. The van der Waals surface area contributed by atoms with Crippen LogP contribution in [-0.4, -0.2) is 28.3 Å². The van der Waals surface area contributed by atoms with Crippen molar-refractivity contribution < 1.29 is 9.59 Å². The van der Waals surface area contributed by atoms with Crippen molar-refractivity contribution in [2.45, 2.75) is 6.92 Å². The maximum absolute atomic E-state index is 11.4. The van der Waals surface area contributed by atoms with Crippen molar-refractivity contribution in [2.24, 2.45) is 5.73 Å². The van der Waals surface area contributed by atoms with Crippen molar-refractivity contribution in [2.75, 3.05) is 11.9 Å². The number of aryl methyl sites for hydroxylation is 1. The summed E-state index contributed by atoms with van der Waals surface area (Å²) >= 11 is 4.57. The van der Waals surface area contributed by atoms with E-state index < -0.39 is 11.8 Å². The van der Waals surface area contributed by atoms with E-state index in [-0.39, 0.29) is 11.5 Å². The monoisotopic (exact) mass is 252 g/mol. The van der Waals surface area contributed by atoms with Crippen LogP contribution in [0.1, 0.15) is 5.69 Å². The molecule has 0 radical (unpaired) electrons. The number of thiocarbonyl (C=S) groups is 1. The smallest absolute Gasteiger partial charge is 0.314 e. The number of amides is 2. The summed E-state index contributed by atoms with van der Waals surface area (Å²) in [5.41, 5.74) is 5.93. The molecule has 17 heavy (non-hydrogen) atoms. The molecule has 7 heteroatoms. The van der Waals surface area contributed by atoms with Gasteiger partial charge in [0, 0.05) is 5.69 Å². The second-order valence-electron chi connectivity index (χ2n) is 3.27. The van der Waals surface area contributed by atoms with Gasteiger partial charge in [-0.3, -0.25) is 9.59 Å². The van der Waals surface area contributed by atoms with Crippen LogP contribution in [0.3, 0.4) is 0 Å². The minimum atomic E-state index is -0.806. The number of nitrogens with two attached hydrogens (primary N) is 1. The standard InChI is InChI=1S/C10H12N4O2S/c1-6-3-2-4-8(13-6)14-10(16)9(15)12-5-7(11)17/h2-4H,5H2,1H3,(H2,11,17)(H,12,15)(H,13,14,16). The zero-order chi connectivity index (χ0) is 12.8. The maximum atomic E-state index is 11.4. The predicted molar refractivity (Wildman–Crippen MR) is 67.4 cm³/mol. The summed E-state index contributed by atoms with van der Waals surface area (Å²) in [5, 5.41) is 4.63. The fourth-order valence-corrected chi connectivity index (χ4v) is 1.11. The minimum absolute atomic E-state index is 0.0111. The van der Waals surface area contributed by atoms with E-state index >= 15 is 0 Å². The molecular formula is C10H12N4O2S. The van der Waals surface area contributed by atoms with E-state index in [2.05, 4.69) is 27.8 Å². The molecule has 1 aromatic rings. The largest absolute Gasteiger partial charge is 0.392 e. The summed E-state index contributed by atoms with van der Waals surface area (Å²) < 4.78 is 0. The van der Waals surface area contributed by atoms with E-state index in [1.54, 1.807) is 25.1 Å². The zero-order valence-corrected chi connectivity index (χ0v) is 10.0. The lowest BCUT2D eigenvalue weighted by Crippen LogP contribution is -2.39. The van der Waals surface area contributed by atoms with Crippen molar-refractivity contribution >= 4 is 34.8 Å². The second-order valence-corrected chi connectivity index (χ2v) is 3.79. The molecule has 0 atom stereocenters. The Balaban J connectivity index is 2.54. The maximum Gasteiger partial charge on any atom is 0.314 e. The average molecular weight is 252 g/mol. The van der Waals surface area contributed by atoms with Crippen LogP contribution in [0.2, 0.25) is 0 Å². The number of nitrogens with one attached hydrogen (secondary N) is 2. The first-order valence-electron chi connectivity index (χ1n) is 4.80. The van der Waals surface area contributed by atoms with Gasteiger partial charge in [0.25, 0.3) is 0 Å². The Bertz CT molecular complexity index is 461. The van der Waals surface area contributed by atoms with E-state index in [0.717, 1.165) is 5.69 Å². The summed E-state index contributed by atoms with van der Waals surface area (Å²) in [6.07, 6.45) is 0. The lowest BCUT2D eigenvalue weighted by molar-refractivity contribution is -0.136. The molecule has 2 amide bonds. The van der Waals surface area contributed by atoms with Crippen molar-refractivity contribution in [3.63, 3.8) is 0 Å². The van der Waals surface area contributed by atoms with Gasteiger partial charge in [-0.1, -0.05) is 18.3 Å². The Morgan fingerprint density at radius 3 is 2.71 bits per heavy atom. The van der Waals surface area contributed by atoms with Crippen molar-refractivity contribution in [1.82, 2.24) is 10.3 Å². The average Bonchev–Trinajstić information content (AvgIpc) is 2.25. The number of pyridine rings is 1. The van der Waals surface area contributed by atoms with Crippen LogP contribution in [0, 0.1) is 6.92 Å². The molecule has 1 heterocycles. The number of rotatable bonds is 3. The molecule has 0 aliphatic carbocycles. The quantitative estimate of drug-likeness (QED) is 0.508. The topological polar surface area (TPSA) is 97.1 Å². The van der Waals surface area contributed by atoms with Crippen LogP contribution < -0.4 is 16.4 Å². The van der Waals surface area contributed by atoms with Crippen molar-refractivity contribution in [1.29, 1.82) is 0 Å². The predicted octanol–water partition coefficient (Wildman–Crippen LogP) is -0.269. The number of anilines is 1. The third-order valence-electron chi connectivity index (χ3n) is 1.76. The van der Waals surface area contributed by atoms with Gasteiger partial charge in [-0.05, 0) is 19.1 Å². The van der Waals surface area contributed by atoms with Crippen molar-refractivity contribution in [3.8, 4) is 0 Å². The lowest BCUT2D eigenvalue weighted by atomic mass is 10.3. The van der Waals surface area contributed by atoms with E-state index in [4.69, 9.17) is 5.73 Å². The molecule has 0 unspecified atom stereocenters. The highest BCUT2D eigenvalue weighted by Crippen LogP contribution is 2.03. The normalized spacial score (nSPS) is 9.47. The molecule has 1 aromatic heterocycles. The summed E-state index contributed by atoms with van der Waals surface area (Å²) in [5.74, 6) is -1.29. The van der Waals surface area contributed by atoms with Crippen LogP contribution in [0.5, 0.6) is 0 Å². The number of carbonyl (C=O) groups is 2. The van der Waals surface area contributed by atoms with Gasteiger partial charge in [-0.15, -0.1) is 0 Å². The number of hydrogen-bond acceptors (Lipinski definition) is 4. The Hall–Kier alpha value is -2.02. The summed E-state index contributed by atoms with van der Waals surface area (Å²) in [6.45, 7) is 1.77. The van der Waals surface area contributed by atoms with Crippen molar-refractivity contribution in [3.05, 3.63) is 23.9 Å². The number of nitrogens with zero attached hydrogens (tertiary/aromatic N) is 1. The van der Waals surface area contributed by atoms with Gasteiger partial charge in [0.15, 0.2) is 0 Å². The van der Waals surface area contributed by atoms with E-state index in [1.165, 1.54) is 0 Å². The van der Waals surface area contributed by atoms with Crippen LogP contribution >= 0.6 is 12.2 Å². The SMILES string of the molecule is Cc1cccc(NC(=O)C(=O)NCC(N)=S)n1. The van der Waals surface area contributed by atoms with Crippen LogP contribution in [0.25, 0.3) is 0 Å². The number of carbonyl (C=O) groups excluding carboxylic acids is 2. The highest BCUT2D eigenvalue weighted by molar-refractivity contribution is 7.80. The van der Waals surface area contributed by atoms with Gasteiger partial charge >= 0.3 is 11.8 Å². The molecule has 0 aliphatic heterocycles. The van der Waals surface area contributed by atoms with Gasteiger partial charge < -0.3 is 16.4 Å². The van der Waals surface area contributed by atoms with Gasteiger partial charge in [-0.25, -0.2) is 4.98 Å². The fraction of sp³-hybridized carbons (Fsp3) is 0.200. The van der Waals surface area contributed by atoms with Gasteiger partial charge in [0.1, 0.15) is 5.82 Å². The van der Waals surface area contributed by atoms with E-state index in [1.807, 2.05) is 0 Å². The Kier molecular flexibility index (Phi) is 4.53. The zero-order valence-electron chi connectivity index (χ0n) is 9.19.